The minimum Gasteiger partial charge on any atom is -0.448 e. The monoisotopic (exact) mass is 398 g/mol. The van der Waals surface area contributed by atoms with Crippen LogP contribution in [0, 0.1) is 5.92 Å². The summed E-state index contributed by atoms with van der Waals surface area (Å²) < 4.78 is 5.50. The fraction of sp³-hybridized carbons (Fsp3) is 0.524. The van der Waals surface area contributed by atoms with Crippen LogP contribution in [0.1, 0.15) is 71.7 Å². The number of piperidine rings is 1. The predicted octanol–water partition coefficient (Wildman–Crippen LogP) is 2.30. The number of aromatic amines is 1. The molecule has 1 saturated carbocycles. The molecule has 1 aliphatic carbocycles. The summed E-state index contributed by atoms with van der Waals surface area (Å²) in [6, 6.07) is 2.83. The molecule has 0 aromatic carbocycles. The Labute approximate surface area is 168 Å². The Balaban J connectivity index is 1.29. The van der Waals surface area contributed by atoms with Crippen LogP contribution in [0.15, 0.2) is 33.8 Å². The minimum atomic E-state index is -0.301. The normalized spacial score (nSPS) is 18.9. The average molecular weight is 398 g/mol. The van der Waals surface area contributed by atoms with Gasteiger partial charge in [-0.15, -0.1) is 0 Å². The molecule has 3 heterocycles. The van der Waals surface area contributed by atoms with E-state index in [9.17, 15) is 14.4 Å². The molecule has 2 amide bonds. The molecule has 0 bridgehead atoms. The van der Waals surface area contributed by atoms with Gasteiger partial charge < -0.3 is 19.6 Å². The third-order valence-electron chi connectivity index (χ3n) is 6.13. The molecule has 29 heavy (non-hydrogen) atoms. The molecule has 4 rings (SSSR count). The Bertz CT molecular complexity index is 938. The third-order valence-corrected chi connectivity index (χ3v) is 6.13. The first-order chi connectivity index (χ1) is 14.0. The second-order valence-corrected chi connectivity index (χ2v) is 8.03. The van der Waals surface area contributed by atoms with E-state index in [1.54, 1.807) is 6.07 Å². The zero-order valence-corrected chi connectivity index (χ0v) is 16.5. The third kappa shape index (κ3) is 4.26. The molecule has 2 aliphatic rings. The summed E-state index contributed by atoms with van der Waals surface area (Å²) in [5.74, 6) is 0.983. The first kappa shape index (κ1) is 19.4. The second kappa shape index (κ2) is 8.23. The Morgan fingerprint density at radius 1 is 1.28 bits per heavy atom. The summed E-state index contributed by atoms with van der Waals surface area (Å²) in [5, 5.41) is 2.97. The van der Waals surface area contributed by atoms with Crippen LogP contribution in [-0.4, -0.2) is 45.8 Å². The van der Waals surface area contributed by atoms with Crippen LogP contribution >= 0.6 is 0 Å². The molecule has 1 aliphatic heterocycles. The number of oxazole rings is 1. The highest BCUT2D eigenvalue weighted by atomic mass is 16.3. The molecule has 1 unspecified atom stereocenters. The van der Waals surface area contributed by atoms with E-state index in [0.717, 1.165) is 25.7 Å². The first-order valence-electron chi connectivity index (χ1n) is 10.3. The zero-order chi connectivity index (χ0) is 20.4. The molecule has 154 valence electrons. The smallest absolute Gasteiger partial charge is 0.275 e. The van der Waals surface area contributed by atoms with Gasteiger partial charge in [-0.1, -0.05) is 6.42 Å². The number of carbonyl (C=O) groups excluding carboxylic acids is 2. The van der Waals surface area contributed by atoms with Crippen LogP contribution in [0.5, 0.6) is 0 Å². The predicted molar refractivity (Wildman–Crippen MR) is 106 cm³/mol. The Morgan fingerprint density at radius 2 is 2.03 bits per heavy atom. The number of rotatable bonds is 5. The molecule has 0 radical (unpaired) electrons. The Morgan fingerprint density at radius 3 is 2.69 bits per heavy atom. The summed E-state index contributed by atoms with van der Waals surface area (Å²) in [4.78, 5) is 45.1. The van der Waals surface area contributed by atoms with E-state index in [0.29, 0.717) is 36.2 Å². The van der Waals surface area contributed by atoms with Gasteiger partial charge in [0.2, 0.25) is 5.56 Å². The van der Waals surface area contributed by atoms with Crippen LogP contribution in [0.2, 0.25) is 0 Å². The summed E-state index contributed by atoms with van der Waals surface area (Å²) in [5.41, 5.74) is 0.438. The van der Waals surface area contributed by atoms with Gasteiger partial charge in [0.05, 0.1) is 0 Å². The van der Waals surface area contributed by atoms with Gasteiger partial charge in [0, 0.05) is 42.9 Å². The van der Waals surface area contributed by atoms with Crippen molar-refractivity contribution < 1.29 is 14.0 Å². The molecular formula is C21H26N4O4. The van der Waals surface area contributed by atoms with Crippen LogP contribution in [0.25, 0.3) is 0 Å². The van der Waals surface area contributed by atoms with Crippen molar-refractivity contribution in [2.45, 2.75) is 51.0 Å². The maximum absolute atomic E-state index is 12.7. The molecule has 2 fully saturated rings. The van der Waals surface area contributed by atoms with Crippen molar-refractivity contribution >= 4 is 11.8 Å². The lowest BCUT2D eigenvalue weighted by Gasteiger charge is -2.34. The number of H-pyrrole nitrogens is 1. The van der Waals surface area contributed by atoms with Crippen LogP contribution in [0.3, 0.4) is 0 Å². The van der Waals surface area contributed by atoms with Gasteiger partial charge in [-0.3, -0.25) is 14.4 Å². The van der Waals surface area contributed by atoms with Gasteiger partial charge >= 0.3 is 0 Å². The number of hydrogen-bond donors (Lipinski definition) is 2. The molecule has 8 heteroatoms. The largest absolute Gasteiger partial charge is 0.448 e. The topological polar surface area (TPSA) is 108 Å². The lowest BCUT2D eigenvalue weighted by molar-refractivity contribution is 0.0658. The van der Waals surface area contributed by atoms with Gasteiger partial charge in [-0.2, -0.15) is 0 Å². The van der Waals surface area contributed by atoms with Crippen molar-refractivity contribution in [2.24, 2.45) is 5.92 Å². The van der Waals surface area contributed by atoms with E-state index < -0.39 is 0 Å². The molecule has 2 aromatic heterocycles. The highest BCUT2D eigenvalue weighted by molar-refractivity contribution is 5.94. The molecule has 8 nitrogen and oxygen atoms in total. The number of aromatic nitrogens is 2. The minimum absolute atomic E-state index is 0.0451. The van der Waals surface area contributed by atoms with Crippen LogP contribution in [0.4, 0.5) is 0 Å². The van der Waals surface area contributed by atoms with Gasteiger partial charge in [-0.25, -0.2) is 4.98 Å². The zero-order valence-electron chi connectivity index (χ0n) is 16.5. The number of likely N-dealkylation sites (tertiary alicyclic amines) is 1. The summed E-state index contributed by atoms with van der Waals surface area (Å²) >= 11 is 0. The molecule has 2 aromatic rings. The summed E-state index contributed by atoms with van der Waals surface area (Å²) in [7, 11) is 0. The van der Waals surface area contributed by atoms with Gasteiger partial charge in [0.1, 0.15) is 6.26 Å². The van der Waals surface area contributed by atoms with Gasteiger partial charge in [-0.05, 0) is 44.6 Å². The SMILES string of the molecule is CC(NC(=O)c1cc[nH]c(=O)c1)C1CCN(C(=O)c2coc(C3CCC3)n2)CC1. The maximum atomic E-state index is 12.7. The lowest BCUT2D eigenvalue weighted by atomic mass is 9.85. The van der Waals surface area contributed by atoms with Crippen molar-refractivity contribution in [3.05, 3.63) is 52.1 Å². The van der Waals surface area contributed by atoms with E-state index in [2.05, 4.69) is 15.3 Å². The van der Waals surface area contributed by atoms with E-state index in [4.69, 9.17) is 4.42 Å². The highest BCUT2D eigenvalue weighted by Gasteiger charge is 2.30. The van der Waals surface area contributed by atoms with E-state index in [1.165, 1.54) is 24.9 Å². The van der Waals surface area contributed by atoms with E-state index in [1.807, 2.05) is 11.8 Å². The number of nitrogens with one attached hydrogen (secondary N) is 2. The highest BCUT2D eigenvalue weighted by Crippen LogP contribution is 2.35. The Hall–Kier alpha value is -2.90. The first-order valence-corrected chi connectivity index (χ1v) is 10.3. The fourth-order valence-corrected chi connectivity index (χ4v) is 3.99. The average Bonchev–Trinajstić information content (AvgIpc) is 3.15. The number of carbonyl (C=O) groups is 2. The van der Waals surface area contributed by atoms with Crippen molar-refractivity contribution in [3.63, 3.8) is 0 Å². The molecule has 2 N–H and O–H groups in total. The van der Waals surface area contributed by atoms with Crippen molar-refractivity contribution in [2.75, 3.05) is 13.1 Å². The fourth-order valence-electron chi connectivity index (χ4n) is 3.99. The van der Waals surface area contributed by atoms with Gasteiger partial charge in [0.25, 0.3) is 11.8 Å². The maximum Gasteiger partial charge on any atom is 0.275 e. The van der Waals surface area contributed by atoms with E-state index >= 15 is 0 Å². The number of nitrogens with zero attached hydrogens (tertiary/aromatic N) is 2. The second-order valence-electron chi connectivity index (χ2n) is 8.03. The molecule has 1 saturated heterocycles. The van der Waals surface area contributed by atoms with Crippen molar-refractivity contribution in [1.82, 2.24) is 20.2 Å². The van der Waals surface area contributed by atoms with Crippen molar-refractivity contribution in [3.8, 4) is 0 Å². The molecule has 0 spiro atoms. The van der Waals surface area contributed by atoms with Crippen molar-refractivity contribution in [1.29, 1.82) is 0 Å². The number of amides is 2. The van der Waals surface area contributed by atoms with Crippen LogP contribution in [-0.2, 0) is 0 Å². The van der Waals surface area contributed by atoms with Crippen LogP contribution < -0.4 is 10.9 Å². The van der Waals surface area contributed by atoms with E-state index in [-0.39, 0.29) is 29.3 Å². The summed E-state index contributed by atoms with van der Waals surface area (Å²) in [6.07, 6.45) is 7.91. The number of hydrogen-bond acceptors (Lipinski definition) is 5. The quantitative estimate of drug-likeness (QED) is 0.803. The standard InChI is InChI=1S/C21H26N4O4/c1-13(23-19(27)16-5-8-22-18(26)11-16)14-6-9-25(10-7-14)21(28)17-12-29-20(24-17)15-3-2-4-15/h5,8,11-15H,2-4,6-7,9-10H2,1H3,(H,22,26)(H,23,27). The number of pyridine rings is 1. The summed E-state index contributed by atoms with van der Waals surface area (Å²) in [6.45, 7) is 3.22. The molecular weight excluding hydrogens is 372 g/mol. The lowest BCUT2D eigenvalue weighted by Crippen LogP contribution is -2.45. The molecule has 1 atom stereocenters. The van der Waals surface area contributed by atoms with Gasteiger partial charge in [0.15, 0.2) is 11.6 Å². The Kier molecular flexibility index (Phi) is 5.51.